The number of ether oxygens (including phenoxy) is 2. The van der Waals surface area contributed by atoms with E-state index < -0.39 is 10.0 Å². The Morgan fingerprint density at radius 3 is 2.39 bits per heavy atom. The minimum Gasteiger partial charge on any atom is -0.495 e. The zero-order valence-electron chi connectivity index (χ0n) is 17.1. The van der Waals surface area contributed by atoms with Crippen molar-refractivity contribution in [1.29, 1.82) is 0 Å². The van der Waals surface area contributed by atoms with Gasteiger partial charge in [-0.3, -0.25) is 14.8 Å². The number of methoxy groups -OCH3 is 2. The highest BCUT2D eigenvalue weighted by Gasteiger charge is 2.24. The lowest BCUT2D eigenvalue weighted by atomic mass is 10.1. The standard InChI is InChI=1S/C20H20ClN3O6S/c1-11-19(20(30-23-11)22-12(2)25)13-5-7-17(29-4)18(9-13)31(26,27)24-14-6-8-16(28-3)15(21)10-14/h5-10,24H,1-4H3,(H,22,25). The third-order valence-electron chi connectivity index (χ3n) is 4.30. The van der Waals surface area contributed by atoms with Gasteiger partial charge < -0.3 is 14.0 Å². The Morgan fingerprint density at radius 1 is 1.10 bits per heavy atom. The number of aryl methyl sites for hydroxylation is 1. The van der Waals surface area contributed by atoms with E-state index in [-0.39, 0.29) is 33.1 Å². The number of halogens is 1. The number of carbonyl (C=O) groups excluding carboxylic acids is 1. The highest BCUT2D eigenvalue weighted by molar-refractivity contribution is 7.92. The van der Waals surface area contributed by atoms with Crippen LogP contribution in [-0.2, 0) is 14.8 Å². The van der Waals surface area contributed by atoms with Crippen molar-refractivity contribution in [2.24, 2.45) is 0 Å². The summed E-state index contributed by atoms with van der Waals surface area (Å²) in [5, 5.41) is 6.66. The fraction of sp³-hybridized carbons (Fsp3) is 0.200. The van der Waals surface area contributed by atoms with Gasteiger partial charge in [-0.15, -0.1) is 0 Å². The van der Waals surface area contributed by atoms with Gasteiger partial charge in [0.15, 0.2) is 0 Å². The smallest absolute Gasteiger partial charge is 0.265 e. The molecule has 31 heavy (non-hydrogen) atoms. The largest absolute Gasteiger partial charge is 0.495 e. The molecule has 2 N–H and O–H groups in total. The van der Waals surface area contributed by atoms with Gasteiger partial charge in [-0.25, -0.2) is 8.42 Å². The molecule has 0 aliphatic carbocycles. The van der Waals surface area contributed by atoms with Gasteiger partial charge in [0.05, 0.1) is 36.2 Å². The molecule has 2 aromatic carbocycles. The summed E-state index contributed by atoms with van der Waals surface area (Å²) in [7, 11) is -1.24. The van der Waals surface area contributed by atoms with Crippen LogP contribution >= 0.6 is 11.6 Å². The van der Waals surface area contributed by atoms with E-state index in [9.17, 15) is 13.2 Å². The second-order valence-corrected chi connectivity index (χ2v) is 8.53. The van der Waals surface area contributed by atoms with Crippen LogP contribution in [0.5, 0.6) is 11.5 Å². The van der Waals surface area contributed by atoms with Crippen LogP contribution in [0.3, 0.4) is 0 Å². The molecule has 1 amide bonds. The van der Waals surface area contributed by atoms with Crippen LogP contribution in [-0.4, -0.2) is 33.7 Å². The lowest BCUT2D eigenvalue weighted by Crippen LogP contribution is -2.14. The van der Waals surface area contributed by atoms with E-state index >= 15 is 0 Å². The minimum absolute atomic E-state index is 0.117. The van der Waals surface area contributed by atoms with Gasteiger partial charge in [-0.2, -0.15) is 0 Å². The summed E-state index contributed by atoms with van der Waals surface area (Å²) in [6, 6.07) is 9.08. The lowest BCUT2D eigenvalue weighted by Gasteiger charge is -2.14. The average molecular weight is 466 g/mol. The Bertz CT molecular complexity index is 1240. The molecule has 3 aromatic rings. The van der Waals surface area contributed by atoms with Gasteiger partial charge >= 0.3 is 0 Å². The van der Waals surface area contributed by atoms with E-state index in [1.807, 2.05) is 0 Å². The second-order valence-electron chi connectivity index (χ2n) is 6.47. The Balaban J connectivity index is 2.06. The summed E-state index contributed by atoms with van der Waals surface area (Å²) < 4.78 is 44.3. The quantitative estimate of drug-likeness (QED) is 0.539. The van der Waals surface area contributed by atoms with E-state index in [0.717, 1.165) is 0 Å². The van der Waals surface area contributed by atoms with Crippen molar-refractivity contribution in [3.05, 3.63) is 47.1 Å². The molecule has 9 nitrogen and oxygen atoms in total. The number of benzene rings is 2. The van der Waals surface area contributed by atoms with E-state index in [1.54, 1.807) is 19.1 Å². The number of nitrogens with one attached hydrogen (secondary N) is 2. The maximum atomic E-state index is 13.1. The lowest BCUT2D eigenvalue weighted by molar-refractivity contribution is -0.114. The molecule has 0 aliphatic heterocycles. The van der Waals surface area contributed by atoms with Gasteiger partial charge in [-0.05, 0) is 42.8 Å². The number of nitrogens with zero attached hydrogens (tertiary/aromatic N) is 1. The molecule has 0 aliphatic rings. The van der Waals surface area contributed by atoms with E-state index in [1.165, 1.54) is 45.4 Å². The fourth-order valence-corrected chi connectivity index (χ4v) is 4.44. The highest BCUT2D eigenvalue weighted by atomic mass is 35.5. The SMILES string of the molecule is COc1ccc(NS(=O)(=O)c2cc(-c3c(C)noc3NC(C)=O)ccc2OC)cc1Cl. The van der Waals surface area contributed by atoms with E-state index in [0.29, 0.717) is 22.6 Å². The van der Waals surface area contributed by atoms with Gasteiger partial charge in [0.1, 0.15) is 16.4 Å². The van der Waals surface area contributed by atoms with Crippen LogP contribution < -0.4 is 19.5 Å². The molecule has 0 fully saturated rings. The molecule has 0 radical (unpaired) electrons. The molecular weight excluding hydrogens is 446 g/mol. The number of aromatic nitrogens is 1. The van der Waals surface area contributed by atoms with Gasteiger partial charge in [0, 0.05) is 6.92 Å². The predicted molar refractivity (Wildman–Crippen MR) is 116 cm³/mol. The molecule has 1 aromatic heterocycles. The highest BCUT2D eigenvalue weighted by Crippen LogP contribution is 2.37. The maximum Gasteiger partial charge on any atom is 0.265 e. The van der Waals surface area contributed by atoms with E-state index in [4.69, 9.17) is 25.6 Å². The summed E-state index contributed by atoms with van der Waals surface area (Å²) in [5.41, 5.74) is 1.66. The molecule has 0 saturated heterocycles. The Morgan fingerprint density at radius 2 is 1.77 bits per heavy atom. The van der Waals surface area contributed by atoms with Crippen LogP contribution in [0, 0.1) is 6.92 Å². The van der Waals surface area contributed by atoms with Crippen LogP contribution in [0.15, 0.2) is 45.8 Å². The van der Waals surface area contributed by atoms with Gasteiger partial charge in [0.25, 0.3) is 10.0 Å². The molecule has 0 saturated carbocycles. The molecule has 11 heteroatoms. The zero-order chi connectivity index (χ0) is 22.8. The fourth-order valence-electron chi connectivity index (χ4n) is 2.94. The van der Waals surface area contributed by atoms with Crippen molar-refractivity contribution in [2.45, 2.75) is 18.7 Å². The summed E-state index contributed by atoms with van der Waals surface area (Å²) in [4.78, 5) is 11.3. The number of amides is 1. The number of rotatable bonds is 7. The van der Waals surface area contributed by atoms with Gasteiger partial charge in [-0.1, -0.05) is 22.8 Å². The van der Waals surface area contributed by atoms with Gasteiger partial charge in [0.2, 0.25) is 11.8 Å². The normalized spacial score (nSPS) is 11.1. The summed E-state index contributed by atoms with van der Waals surface area (Å²) in [6.07, 6.45) is 0. The molecule has 3 rings (SSSR count). The number of carbonyl (C=O) groups is 1. The van der Waals surface area contributed by atoms with Crippen molar-refractivity contribution in [1.82, 2.24) is 5.16 Å². The van der Waals surface area contributed by atoms with Crippen LogP contribution in [0.25, 0.3) is 11.1 Å². The summed E-state index contributed by atoms with van der Waals surface area (Å²) in [6.45, 7) is 3.01. The first-order valence-corrected chi connectivity index (χ1v) is 10.8. The number of sulfonamides is 1. The molecule has 0 bridgehead atoms. The molecule has 1 heterocycles. The molecule has 0 atom stereocenters. The summed E-state index contributed by atoms with van der Waals surface area (Å²) >= 11 is 6.10. The third kappa shape index (κ3) is 4.75. The first-order chi connectivity index (χ1) is 14.7. The van der Waals surface area contributed by atoms with Crippen molar-refractivity contribution >= 4 is 39.1 Å². The molecular formula is C20H20ClN3O6S. The van der Waals surface area contributed by atoms with Crippen molar-refractivity contribution < 1.29 is 27.2 Å². The van der Waals surface area contributed by atoms with E-state index in [2.05, 4.69) is 15.2 Å². The predicted octanol–water partition coefficient (Wildman–Crippen LogP) is 4.08. The Kier molecular flexibility index (Phi) is 6.42. The topological polar surface area (TPSA) is 120 Å². The average Bonchev–Trinajstić information content (AvgIpc) is 3.06. The molecule has 164 valence electrons. The number of hydrogen-bond donors (Lipinski definition) is 2. The molecule has 0 unspecified atom stereocenters. The zero-order valence-corrected chi connectivity index (χ0v) is 18.7. The minimum atomic E-state index is -4.07. The first-order valence-electron chi connectivity index (χ1n) is 8.95. The van der Waals surface area contributed by atoms with Crippen LogP contribution in [0.2, 0.25) is 5.02 Å². The number of anilines is 2. The maximum absolute atomic E-state index is 13.1. The third-order valence-corrected chi connectivity index (χ3v) is 6.00. The van der Waals surface area contributed by atoms with Crippen LogP contribution in [0.1, 0.15) is 12.6 Å². The van der Waals surface area contributed by atoms with Crippen molar-refractivity contribution in [3.63, 3.8) is 0 Å². The van der Waals surface area contributed by atoms with Crippen molar-refractivity contribution in [3.8, 4) is 22.6 Å². The van der Waals surface area contributed by atoms with Crippen LogP contribution in [0.4, 0.5) is 11.6 Å². The summed E-state index contributed by atoms with van der Waals surface area (Å²) in [5.74, 6) is 0.314. The second kappa shape index (κ2) is 8.86. The monoisotopic (exact) mass is 465 g/mol. The first kappa shape index (κ1) is 22.4. The number of hydrogen-bond acceptors (Lipinski definition) is 7. The Hall–Kier alpha value is -3.24. The van der Waals surface area contributed by atoms with Crippen molar-refractivity contribution in [2.75, 3.05) is 24.3 Å². The Labute approximate surface area is 184 Å². The molecule has 0 spiro atoms.